The van der Waals surface area contributed by atoms with Gasteiger partial charge in [0.1, 0.15) is 17.7 Å². The molecule has 1 fully saturated rings. The number of anilines is 1. The Balaban J connectivity index is 1.37. The van der Waals surface area contributed by atoms with Crippen molar-refractivity contribution in [2.75, 3.05) is 12.1 Å². The summed E-state index contributed by atoms with van der Waals surface area (Å²) in [6.07, 6.45) is 5.82. The lowest BCUT2D eigenvalue weighted by atomic mass is 10.0. The second kappa shape index (κ2) is 13.3. The predicted molar refractivity (Wildman–Crippen MR) is 149 cm³/mol. The fourth-order valence-corrected chi connectivity index (χ4v) is 5.21. The number of carbonyl (C=O) groups excluding carboxylic acids is 3. The summed E-state index contributed by atoms with van der Waals surface area (Å²) in [5, 5.41) is 5.83. The van der Waals surface area contributed by atoms with Crippen molar-refractivity contribution in [3.8, 4) is 11.5 Å². The molecule has 3 aromatic rings. The van der Waals surface area contributed by atoms with Gasteiger partial charge in [0.25, 0.3) is 0 Å². The van der Waals surface area contributed by atoms with Gasteiger partial charge < -0.3 is 25.0 Å². The first-order chi connectivity index (χ1) is 20.0. The van der Waals surface area contributed by atoms with Crippen LogP contribution >= 0.6 is 0 Å². The standard InChI is InChI=1S/C31H33FN4O5/c32-23-14-12-22(13-15-23)30(31(39)34-24-6-1-2-7-24)36(19-21-11-16-25-26(18-21)41-20-40-25)29(38)10-5-9-28(37)35-27-8-3-4-17-33-27/h3-4,8,11-18,24,30H,1-2,5-7,9-10,19-20H2,(H,34,39)(H,33,35,37)/t30-/m1/s1. The van der Waals surface area contributed by atoms with E-state index in [1.807, 2.05) is 6.07 Å². The van der Waals surface area contributed by atoms with Crippen LogP contribution in [0.3, 0.4) is 0 Å². The highest BCUT2D eigenvalue weighted by molar-refractivity contribution is 5.91. The first-order valence-corrected chi connectivity index (χ1v) is 13.9. The third-order valence-corrected chi connectivity index (χ3v) is 7.28. The van der Waals surface area contributed by atoms with E-state index in [0.29, 0.717) is 22.9 Å². The summed E-state index contributed by atoms with van der Waals surface area (Å²) in [7, 11) is 0. The zero-order valence-electron chi connectivity index (χ0n) is 22.7. The molecule has 2 heterocycles. The molecule has 1 aliphatic heterocycles. The van der Waals surface area contributed by atoms with Crippen LogP contribution in [0.25, 0.3) is 0 Å². The van der Waals surface area contributed by atoms with Crippen LogP contribution in [0.4, 0.5) is 10.2 Å². The van der Waals surface area contributed by atoms with E-state index in [-0.39, 0.29) is 56.4 Å². The molecular formula is C31H33FN4O5. The Kier molecular flexibility index (Phi) is 9.08. The van der Waals surface area contributed by atoms with E-state index in [9.17, 15) is 18.8 Å². The van der Waals surface area contributed by atoms with Crippen LogP contribution in [-0.2, 0) is 20.9 Å². The van der Waals surface area contributed by atoms with Crippen molar-refractivity contribution < 1.29 is 28.2 Å². The molecule has 10 heteroatoms. The monoisotopic (exact) mass is 560 g/mol. The first kappa shape index (κ1) is 28.1. The molecule has 3 amide bonds. The number of pyridine rings is 1. The lowest BCUT2D eigenvalue weighted by Crippen LogP contribution is -2.45. The number of nitrogens with zero attached hydrogens (tertiary/aromatic N) is 2. The van der Waals surface area contributed by atoms with Gasteiger partial charge >= 0.3 is 0 Å². The molecule has 2 aliphatic rings. The molecule has 1 atom stereocenters. The van der Waals surface area contributed by atoms with E-state index in [1.165, 1.54) is 29.2 Å². The number of rotatable bonds is 11. The molecule has 0 spiro atoms. The molecule has 1 aliphatic carbocycles. The molecule has 0 unspecified atom stereocenters. The Morgan fingerprint density at radius 3 is 2.51 bits per heavy atom. The molecular weight excluding hydrogens is 527 g/mol. The van der Waals surface area contributed by atoms with Crippen LogP contribution in [0.15, 0.2) is 66.9 Å². The maximum atomic E-state index is 13.9. The summed E-state index contributed by atoms with van der Waals surface area (Å²) < 4.78 is 24.8. The average Bonchev–Trinajstić information content (AvgIpc) is 3.66. The lowest BCUT2D eigenvalue weighted by molar-refractivity contribution is -0.142. The number of amides is 3. The molecule has 9 nitrogen and oxygen atoms in total. The highest BCUT2D eigenvalue weighted by atomic mass is 19.1. The third kappa shape index (κ3) is 7.39. The van der Waals surface area contributed by atoms with Crippen LogP contribution in [0.5, 0.6) is 11.5 Å². The van der Waals surface area contributed by atoms with Crippen molar-refractivity contribution in [1.29, 1.82) is 0 Å². The van der Waals surface area contributed by atoms with E-state index < -0.39 is 11.9 Å². The SMILES string of the molecule is O=C(CCCC(=O)N(Cc1ccc2c(c1)OCO2)[C@@H](C(=O)NC1CCCC1)c1ccc(F)cc1)Nc1ccccn1. The zero-order chi connectivity index (χ0) is 28.6. The van der Waals surface area contributed by atoms with Crippen molar-refractivity contribution in [3.63, 3.8) is 0 Å². The fourth-order valence-electron chi connectivity index (χ4n) is 5.21. The van der Waals surface area contributed by atoms with Gasteiger partial charge in [-0.15, -0.1) is 0 Å². The summed E-state index contributed by atoms with van der Waals surface area (Å²) >= 11 is 0. The number of benzene rings is 2. The summed E-state index contributed by atoms with van der Waals surface area (Å²) in [5.41, 5.74) is 1.25. The lowest BCUT2D eigenvalue weighted by Gasteiger charge is -2.32. The Hall–Kier alpha value is -4.47. The maximum Gasteiger partial charge on any atom is 0.247 e. The summed E-state index contributed by atoms with van der Waals surface area (Å²) in [6, 6.07) is 15.3. The van der Waals surface area contributed by atoms with Gasteiger partial charge in [0.15, 0.2) is 11.5 Å². The molecule has 41 heavy (non-hydrogen) atoms. The Morgan fingerprint density at radius 1 is 0.976 bits per heavy atom. The Morgan fingerprint density at radius 2 is 1.76 bits per heavy atom. The quantitative estimate of drug-likeness (QED) is 0.346. The Labute approximate surface area is 238 Å². The van der Waals surface area contributed by atoms with Gasteiger partial charge in [0, 0.05) is 31.6 Å². The van der Waals surface area contributed by atoms with Gasteiger partial charge in [-0.2, -0.15) is 0 Å². The second-order valence-electron chi connectivity index (χ2n) is 10.3. The predicted octanol–water partition coefficient (Wildman–Crippen LogP) is 4.89. The van der Waals surface area contributed by atoms with Crippen LogP contribution < -0.4 is 20.1 Å². The van der Waals surface area contributed by atoms with Crippen molar-refractivity contribution in [3.05, 3.63) is 83.8 Å². The number of halogens is 1. The number of nitrogens with one attached hydrogen (secondary N) is 2. The highest BCUT2D eigenvalue weighted by Crippen LogP contribution is 2.34. The van der Waals surface area contributed by atoms with E-state index in [2.05, 4.69) is 15.6 Å². The fraction of sp³-hybridized carbons (Fsp3) is 0.355. The van der Waals surface area contributed by atoms with E-state index in [1.54, 1.807) is 36.5 Å². The van der Waals surface area contributed by atoms with Gasteiger partial charge in [-0.1, -0.05) is 37.1 Å². The number of ether oxygens (including phenoxy) is 2. The molecule has 214 valence electrons. The molecule has 1 aromatic heterocycles. The van der Waals surface area contributed by atoms with Gasteiger partial charge in [-0.3, -0.25) is 14.4 Å². The highest BCUT2D eigenvalue weighted by Gasteiger charge is 2.33. The second-order valence-corrected chi connectivity index (χ2v) is 10.3. The molecule has 0 bridgehead atoms. The van der Waals surface area contributed by atoms with Gasteiger partial charge in [0.2, 0.25) is 24.5 Å². The summed E-state index contributed by atoms with van der Waals surface area (Å²) in [4.78, 5) is 45.6. The Bertz CT molecular complexity index is 1360. The molecule has 1 saturated carbocycles. The van der Waals surface area contributed by atoms with Crippen LogP contribution in [0.1, 0.15) is 62.1 Å². The molecule has 2 aromatic carbocycles. The smallest absolute Gasteiger partial charge is 0.247 e. The van der Waals surface area contributed by atoms with Crippen molar-refractivity contribution in [2.24, 2.45) is 0 Å². The normalized spacial score (nSPS) is 14.9. The van der Waals surface area contributed by atoms with Crippen LogP contribution in [-0.4, -0.2) is 40.4 Å². The third-order valence-electron chi connectivity index (χ3n) is 7.28. The molecule has 5 rings (SSSR count). The van der Waals surface area contributed by atoms with E-state index in [4.69, 9.17) is 9.47 Å². The largest absolute Gasteiger partial charge is 0.454 e. The summed E-state index contributed by atoms with van der Waals surface area (Å²) in [6.45, 7) is 0.222. The number of fused-ring (bicyclic) bond motifs is 1. The van der Waals surface area contributed by atoms with Gasteiger partial charge in [0.05, 0.1) is 0 Å². The number of carbonyl (C=O) groups is 3. The van der Waals surface area contributed by atoms with Crippen molar-refractivity contribution in [1.82, 2.24) is 15.2 Å². The van der Waals surface area contributed by atoms with E-state index in [0.717, 1.165) is 31.2 Å². The van der Waals surface area contributed by atoms with Crippen molar-refractivity contribution >= 4 is 23.5 Å². The van der Waals surface area contributed by atoms with E-state index >= 15 is 0 Å². The average molecular weight is 561 g/mol. The topological polar surface area (TPSA) is 110 Å². The maximum absolute atomic E-state index is 13.9. The number of aromatic nitrogens is 1. The van der Waals surface area contributed by atoms with Crippen LogP contribution in [0.2, 0.25) is 0 Å². The minimum Gasteiger partial charge on any atom is -0.454 e. The van der Waals surface area contributed by atoms with Crippen LogP contribution in [0, 0.1) is 5.82 Å². The number of hydrogen-bond acceptors (Lipinski definition) is 6. The summed E-state index contributed by atoms with van der Waals surface area (Å²) in [5.74, 6) is 0.307. The number of hydrogen-bond donors (Lipinski definition) is 2. The first-order valence-electron chi connectivity index (χ1n) is 13.9. The van der Waals surface area contributed by atoms with Gasteiger partial charge in [-0.25, -0.2) is 9.37 Å². The van der Waals surface area contributed by atoms with Gasteiger partial charge in [-0.05, 0) is 66.8 Å². The molecule has 2 N–H and O–H groups in total. The van der Waals surface area contributed by atoms with Crippen molar-refractivity contribution in [2.45, 2.75) is 63.6 Å². The zero-order valence-corrected chi connectivity index (χ0v) is 22.7. The molecule has 0 saturated heterocycles. The minimum atomic E-state index is -0.989. The molecule has 0 radical (unpaired) electrons. The minimum absolute atomic E-state index is 0.0308.